The Kier molecular flexibility index (Phi) is 3.74. The Hall–Kier alpha value is -3.48. The van der Waals surface area contributed by atoms with Crippen molar-refractivity contribution in [2.75, 3.05) is 11.9 Å². The zero-order valence-electron chi connectivity index (χ0n) is 13.3. The normalized spacial score (nSPS) is 11.0. The van der Waals surface area contributed by atoms with Crippen molar-refractivity contribution in [3.63, 3.8) is 0 Å². The summed E-state index contributed by atoms with van der Waals surface area (Å²) in [5, 5.41) is 16.4. The second-order valence-electron chi connectivity index (χ2n) is 5.74. The first-order valence-corrected chi connectivity index (χ1v) is 7.95. The summed E-state index contributed by atoms with van der Waals surface area (Å²) < 4.78 is 1.71. The van der Waals surface area contributed by atoms with Gasteiger partial charge in [0.15, 0.2) is 0 Å². The van der Waals surface area contributed by atoms with Crippen LogP contribution >= 0.6 is 0 Å². The van der Waals surface area contributed by atoms with Crippen LogP contribution in [-0.2, 0) is 6.54 Å². The van der Waals surface area contributed by atoms with E-state index in [4.69, 9.17) is 0 Å². The molecule has 0 spiro atoms. The van der Waals surface area contributed by atoms with Gasteiger partial charge in [-0.1, -0.05) is 24.3 Å². The molecule has 0 aliphatic carbocycles. The lowest BCUT2D eigenvalue weighted by Crippen LogP contribution is -2.13. The summed E-state index contributed by atoms with van der Waals surface area (Å²) in [6.45, 7) is 1.22. The zero-order valence-corrected chi connectivity index (χ0v) is 13.3. The van der Waals surface area contributed by atoms with Crippen LogP contribution in [0.1, 0.15) is 0 Å². The van der Waals surface area contributed by atoms with E-state index >= 15 is 0 Å². The third kappa shape index (κ3) is 2.87. The van der Waals surface area contributed by atoms with Gasteiger partial charge < -0.3 is 20.0 Å². The molecule has 2 aromatic carbocycles. The number of benzene rings is 2. The molecular formula is C18H16N5O2+. The third-order valence-corrected chi connectivity index (χ3v) is 4.14. The molecule has 7 heteroatoms. The maximum Gasteiger partial charge on any atom is 0.381 e. The largest absolute Gasteiger partial charge is 0.382 e. The van der Waals surface area contributed by atoms with E-state index in [9.17, 15) is 10.1 Å². The van der Waals surface area contributed by atoms with E-state index in [0.717, 1.165) is 27.5 Å². The van der Waals surface area contributed by atoms with Crippen LogP contribution in [0.15, 0.2) is 61.1 Å². The number of imidazole rings is 1. The summed E-state index contributed by atoms with van der Waals surface area (Å²) in [5.41, 5.74) is 3.17. The predicted octanol–water partition coefficient (Wildman–Crippen LogP) is 3.02. The van der Waals surface area contributed by atoms with Crippen molar-refractivity contribution < 1.29 is 9.91 Å². The lowest BCUT2D eigenvalue weighted by Gasteiger charge is -2.10. The number of H-pyrrole nitrogens is 1. The van der Waals surface area contributed by atoms with Crippen LogP contribution in [0.4, 0.5) is 11.5 Å². The van der Waals surface area contributed by atoms with Crippen LogP contribution in [-0.4, -0.2) is 21.0 Å². The second kappa shape index (κ2) is 6.20. The van der Waals surface area contributed by atoms with Gasteiger partial charge in [-0.3, -0.25) is 0 Å². The molecular weight excluding hydrogens is 318 g/mol. The van der Waals surface area contributed by atoms with E-state index in [1.165, 1.54) is 12.5 Å². The molecule has 0 aliphatic rings. The minimum Gasteiger partial charge on any atom is -0.382 e. The third-order valence-electron chi connectivity index (χ3n) is 4.14. The number of anilines is 1. The van der Waals surface area contributed by atoms with E-state index < -0.39 is 4.92 Å². The predicted molar refractivity (Wildman–Crippen MR) is 95.4 cm³/mol. The van der Waals surface area contributed by atoms with E-state index in [1.807, 2.05) is 36.4 Å². The van der Waals surface area contributed by atoms with Gasteiger partial charge in [0, 0.05) is 25.2 Å². The maximum absolute atomic E-state index is 10.7. The fraction of sp³-hybridized carbons (Fsp3) is 0.111. The van der Waals surface area contributed by atoms with Gasteiger partial charge in [-0.05, 0) is 22.0 Å². The number of pyridine rings is 1. The molecule has 0 radical (unpaired) electrons. The zero-order chi connectivity index (χ0) is 17.2. The number of nitrogens with zero attached hydrogens (tertiary/aromatic N) is 3. The number of aromatic nitrogens is 3. The van der Waals surface area contributed by atoms with E-state index in [1.54, 1.807) is 4.57 Å². The van der Waals surface area contributed by atoms with Gasteiger partial charge in [0.25, 0.3) is 0 Å². The summed E-state index contributed by atoms with van der Waals surface area (Å²) in [6, 6.07) is 16.3. The van der Waals surface area contributed by atoms with Gasteiger partial charge in [0.2, 0.25) is 17.4 Å². The molecule has 4 rings (SSSR count). The van der Waals surface area contributed by atoms with E-state index in [-0.39, 0.29) is 5.82 Å². The van der Waals surface area contributed by atoms with Crippen LogP contribution in [0.2, 0.25) is 0 Å². The fourth-order valence-electron chi connectivity index (χ4n) is 2.98. The summed E-state index contributed by atoms with van der Waals surface area (Å²) in [6.07, 6.45) is 2.92. The summed E-state index contributed by atoms with van der Waals surface area (Å²) in [7, 11) is 0. The Balaban J connectivity index is 1.64. The van der Waals surface area contributed by atoms with Crippen molar-refractivity contribution in [1.82, 2.24) is 9.55 Å². The van der Waals surface area contributed by atoms with E-state index in [0.29, 0.717) is 13.1 Å². The van der Waals surface area contributed by atoms with Crippen LogP contribution in [0.3, 0.4) is 0 Å². The number of nitrogens with one attached hydrogen (secondary N) is 2. The lowest BCUT2D eigenvalue weighted by molar-refractivity contribution is -0.389. The van der Waals surface area contributed by atoms with Crippen LogP contribution in [0, 0.1) is 10.1 Å². The van der Waals surface area contributed by atoms with Gasteiger partial charge in [-0.15, -0.1) is 0 Å². The smallest absolute Gasteiger partial charge is 0.381 e. The summed E-state index contributed by atoms with van der Waals surface area (Å²) in [4.78, 5) is 17.4. The number of hydrogen-bond acceptors (Lipinski definition) is 4. The highest BCUT2D eigenvalue weighted by Crippen LogP contribution is 2.28. The molecule has 0 saturated heterocycles. The molecule has 2 N–H and O–H groups in total. The molecule has 124 valence electrons. The Morgan fingerprint density at radius 3 is 2.32 bits per heavy atom. The van der Waals surface area contributed by atoms with Crippen molar-refractivity contribution >= 4 is 33.3 Å². The number of rotatable bonds is 5. The molecule has 2 aromatic heterocycles. The van der Waals surface area contributed by atoms with Gasteiger partial charge in [0.1, 0.15) is 6.20 Å². The fourth-order valence-corrected chi connectivity index (χ4v) is 2.98. The first kappa shape index (κ1) is 15.1. The SMILES string of the molecule is O=[N+]([O-])c1cn(CCNc2c3ccccc3[nH+]c3ccccc23)cn1. The quantitative estimate of drug-likeness (QED) is 0.345. The second-order valence-corrected chi connectivity index (χ2v) is 5.74. The average molecular weight is 334 g/mol. The highest BCUT2D eigenvalue weighted by Gasteiger charge is 2.13. The maximum atomic E-state index is 10.7. The van der Waals surface area contributed by atoms with E-state index in [2.05, 4.69) is 27.4 Å². The monoisotopic (exact) mass is 334 g/mol. The standard InChI is InChI=1S/C18H15N5O2/c24-23(25)17-11-22(12-20-17)10-9-19-18-13-5-1-3-7-15(13)21-16-8-4-2-6-14(16)18/h1-8,11-12H,9-10H2,(H,19,21)/p+1. The van der Waals surface area contributed by atoms with Gasteiger partial charge >= 0.3 is 5.82 Å². The molecule has 25 heavy (non-hydrogen) atoms. The minimum absolute atomic E-state index is 0.134. The number of nitro groups is 1. The molecule has 0 fully saturated rings. The number of fused-ring (bicyclic) bond motifs is 2. The topological polar surface area (TPSA) is 87.1 Å². The molecule has 4 aromatic rings. The lowest BCUT2D eigenvalue weighted by atomic mass is 10.1. The molecule has 2 heterocycles. The number of hydrogen-bond donors (Lipinski definition) is 1. The summed E-state index contributed by atoms with van der Waals surface area (Å²) in [5.74, 6) is -0.134. The highest BCUT2D eigenvalue weighted by atomic mass is 16.6. The number of para-hydroxylation sites is 2. The van der Waals surface area contributed by atoms with Crippen molar-refractivity contribution in [2.24, 2.45) is 0 Å². The Morgan fingerprint density at radius 2 is 1.72 bits per heavy atom. The molecule has 0 aliphatic heterocycles. The van der Waals surface area contributed by atoms with Crippen molar-refractivity contribution in [3.05, 3.63) is 71.2 Å². The first-order valence-electron chi connectivity index (χ1n) is 7.95. The molecule has 0 unspecified atom stereocenters. The van der Waals surface area contributed by atoms with Gasteiger partial charge in [-0.25, -0.2) is 4.98 Å². The molecule has 0 bridgehead atoms. The van der Waals surface area contributed by atoms with Gasteiger partial charge in [-0.2, -0.15) is 0 Å². The molecule has 0 atom stereocenters. The van der Waals surface area contributed by atoms with Crippen molar-refractivity contribution in [2.45, 2.75) is 6.54 Å². The van der Waals surface area contributed by atoms with Crippen molar-refractivity contribution in [1.29, 1.82) is 0 Å². The Morgan fingerprint density at radius 1 is 1.08 bits per heavy atom. The minimum atomic E-state index is -0.488. The van der Waals surface area contributed by atoms with Gasteiger partial charge in [0.05, 0.1) is 16.5 Å². The molecule has 7 nitrogen and oxygen atoms in total. The van der Waals surface area contributed by atoms with Crippen LogP contribution in [0.25, 0.3) is 21.8 Å². The Labute approximate surface area is 143 Å². The highest BCUT2D eigenvalue weighted by molar-refractivity contribution is 6.04. The van der Waals surface area contributed by atoms with Crippen molar-refractivity contribution in [3.8, 4) is 0 Å². The molecule has 0 amide bonds. The first-order chi connectivity index (χ1) is 12.2. The summed E-state index contributed by atoms with van der Waals surface area (Å²) >= 11 is 0. The molecule has 0 saturated carbocycles. The Bertz CT molecular complexity index is 1020. The van der Waals surface area contributed by atoms with Crippen LogP contribution < -0.4 is 10.3 Å². The number of aromatic amines is 1. The average Bonchev–Trinajstić information content (AvgIpc) is 3.10. The van der Waals surface area contributed by atoms with Crippen LogP contribution in [0.5, 0.6) is 0 Å².